The lowest BCUT2D eigenvalue weighted by Crippen LogP contribution is -2.20. The van der Waals surface area contributed by atoms with Crippen molar-refractivity contribution in [3.63, 3.8) is 0 Å². The van der Waals surface area contributed by atoms with Crippen molar-refractivity contribution < 1.29 is 23.4 Å². The van der Waals surface area contributed by atoms with Gasteiger partial charge < -0.3 is 23.9 Å². The molecule has 0 bridgehead atoms. The van der Waals surface area contributed by atoms with Crippen LogP contribution in [-0.4, -0.2) is 27.2 Å². The molecule has 6 nitrogen and oxygen atoms in total. The maximum atomic E-state index is 12.6. The highest BCUT2D eigenvalue weighted by atomic mass is 16.5. The Morgan fingerprint density at radius 1 is 0.941 bits per heavy atom. The van der Waals surface area contributed by atoms with Crippen LogP contribution in [-0.2, 0) is 11.3 Å². The van der Waals surface area contributed by atoms with Crippen molar-refractivity contribution in [1.82, 2.24) is 5.32 Å². The van der Waals surface area contributed by atoms with Gasteiger partial charge in [0.25, 0.3) is 0 Å². The molecule has 0 aliphatic rings. The third-order valence-corrected chi connectivity index (χ3v) is 5.67. The minimum atomic E-state index is -0.190. The van der Waals surface area contributed by atoms with Crippen LogP contribution in [0.1, 0.15) is 18.1 Å². The monoisotopic (exact) mass is 457 g/mol. The van der Waals surface area contributed by atoms with Gasteiger partial charge in [0.15, 0.2) is 0 Å². The van der Waals surface area contributed by atoms with Crippen LogP contribution in [0.25, 0.3) is 27.7 Å². The van der Waals surface area contributed by atoms with Gasteiger partial charge in [-0.2, -0.15) is 0 Å². The minimum absolute atomic E-state index is 0.190. The number of hydrogen-bond acceptors (Lipinski definition) is 5. The molecule has 4 rings (SSSR count). The summed E-state index contributed by atoms with van der Waals surface area (Å²) in [6, 6.07) is 19.3. The predicted molar refractivity (Wildman–Crippen MR) is 133 cm³/mol. The molecule has 0 fully saturated rings. The molecular formula is C28H27NO5. The number of amides is 1. The SMILES string of the molecule is COc1ccc(-c2coc3cc(OC)c(/C(C)=C/C(=O)NCc4cccc(OC)c4)cc23)cc1. The van der Waals surface area contributed by atoms with Crippen molar-refractivity contribution in [2.75, 3.05) is 21.3 Å². The molecule has 0 saturated carbocycles. The summed E-state index contributed by atoms with van der Waals surface area (Å²) in [6.45, 7) is 2.29. The fourth-order valence-corrected chi connectivity index (χ4v) is 3.82. The highest BCUT2D eigenvalue weighted by molar-refractivity contribution is 6.00. The molecule has 1 heterocycles. The predicted octanol–water partition coefficient (Wildman–Crippen LogP) is 5.85. The lowest BCUT2D eigenvalue weighted by molar-refractivity contribution is -0.116. The summed E-state index contributed by atoms with van der Waals surface area (Å²) in [5.41, 5.74) is 5.23. The largest absolute Gasteiger partial charge is 0.497 e. The van der Waals surface area contributed by atoms with Gasteiger partial charge in [-0.3, -0.25) is 4.79 Å². The smallest absolute Gasteiger partial charge is 0.244 e. The van der Waals surface area contributed by atoms with Crippen molar-refractivity contribution in [3.05, 3.63) is 84.1 Å². The van der Waals surface area contributed by atoms with E-state index >= 15 is 0 Å². The molecule has 1 N–H and O–H groups in total. The highest BCUT2D eigenvalue weighted by Crippen LogP contribution is 2.37. The molecule has 0 aliphatic carbocycles. The molecule has 4 aromatic rings. The molecule has 1 amide bonds. The van der Waals surface area contributed by atoms with E-state index in [1.165, 1.54) is 0 Å². The number of fused-ring (bicyclic) bond motifs is 1. The van der Waals surface area contributed by atoms with Crippen molar-refractivity contribution >= 4 is 22.4 Å². The molecule has 3 aromatic carbocycles. The molecule has 0 saturated heterocycles. The fourth-order valence-electron chi connectivity index (χ4n) is 3.82. The summed E-state index contributed by atoms with van der Waals surface area (Å²) >= 11 is 0. The number of rotatable bonds is 8. The molecule has 174 valence electrons. The van der Waals surface area contributed by atoms with Crippen molar-refractivity contribution in [3.8, 4) is 28.4 Å². The number of ether oxygens (including phenoxy) is 3. The third-order valence-electron chi connectivity index (χ3n) is 5.67. The van der Waals surface area contributed by atoms with E-state index in [1.807, 2.05) is 67.6 Å². The second-order valence-corrected chi connectivity index (χ2v) is 7.82. The first-order valence-corrected chi connectivity index (χ1v) is 10.9. The molecular weight excluding hydrogens is 430 g/mol. The van der Waals surface area contributed by atoms with Crippen LogP contribution in [0.15, 0.2) is 77.4 Å². The first-order chi connectivity index (χ1) is 16.5. The summed E-state index contributed by atoms with van der Waals surface area (Å²) in [5, 5.41) is 3.86. The summed E-state index contributed by atoms with van der Waals surface area (Å²) in [5.74, 6) is 1.99. The molecule has 0 spiro atoms. The zero-order chi connectivity index (χ0) is 24.1. The first-order valence-electron chi connectivity index (χ1n) is 10.9. The highest BCUT2D eigenvalue weighted by Gasteiger charge is 2.15. The Morgan fingerprint density at radius 3 is 2.41 bits per heavy atom. The average Bonchev–Trinajstić information content (AvgIpc) is 3.29. The summed E-state index contributed by atoms with van der Waals surface area (Å²) in [4.78, 5) is 12.6. The van der Waals surface area contributed by atoms with E-state index in [1.54, 1.807) is 33.7 Å². The van der Waals surface area contributed by atoms with E-state index in [9.17, 15) is 4.79 Å². The number of benzene rings is 3. The van der Waals surface area contributed by atoms with E-state index in [0.717, 1.165) is 44.7 Å². The Bertz CT molecular complexity index is 1330. The van der Waals surface area contributed by atoms with Crippen molar-refractivity contribution in [2.45, 2.75) is 13.5 Å². The second kappa shape index (κ2) is 10.2. The Labute approximate surface area is 198 Å². The van der Waals surface area contributed by atoms with E-state index in [-0.39, 0.29) is 5.91 Å². The standard InChI is InChI=1S/C28H27NO5/c1-18(12-28(30)29-16-19-6-5-7-22(13-19)32-3)23-14-24-25(17-34-27(24)15-26(23)33-4)20-8-10-21(31-2)11-9-20/h5-15,17H,16H2,1-4H3,(H,29,30)/b18-12+. The Kier molecular flexibility index (Phi) is 6.87. The summed E-state index contributed by atoms with van der Waals surface area (Å²) < 4.78 is 21.9. The van der Waals surface area contributed by atoms with Crippen LogP contribution in [0, 0.1) is 0 Å². The number of furan rings is 1. The van der Waals surface area contributed by atoms with Gasteiger partial charge in [-0.05, 0) is 54.0 Å². The maximum absolute atomic E-state index is 12.6. The van der Waals surface area contributed by atoms with Gasteiger partial charge in [-0.1, -0.05) is 24.3 Å². The fraction of sp³-hybridized carbons (Fsp3) is 0.179. The van der Waals surface area contributed by atoms with Gasteiger partial charge in [-0.15, -0.1) is 0 Å². The quantitative estimate of drug-likeness (QED) is 0.336. The average molecular weight is 458 g/mol. The molecule has 34 heavy (non-hydrogen) atoms. The van der Waals surface area contributed by atoms with Gasteiger partial charge in [0.2, 0.25) is 5.91 Å². The van der Waals surface area contributed by atoms with Crippen LogP contribution < -0.4 is 19.5 Å². The van der Waals surface area contributed by atoms with Crippen molar-refractivity contribution in [2.24, 2.45) is 0 Å². The van der Waals surface area contributed by atoms with E-state index in [2.05, 4.69) is 5.32 Å². The topological polar surface area (TPSA) is 69.9 Å². The lowest BCUT2D eigenvalue weighted by atomic mass is 9.99. The number of methoxy groups -OCH3 is 3. The van der Waals surface area contributed by atoms with Crippen LogP contribution >= 0.6 is 0 Å². The Balaban J connectivity index is 1.60. The van der Waals surface area contributed by atoms with Crippen molar-refractivity contribution in [1.29, 1.82) is 0 Å². The normalized spacial score (nSPS) is 11.4. The van der Waals surface area contributed by atoms with Crippen LogP contribution in [0.2, 0.25) is 0 Å². The van der Waals surface area contributed by atoms with Gasteiger partial charge >= 0.3 is 0 Å². The van der Waals surface area contributed by atoms with E-state index in [4.69, 9.17) is 18.6 Å². The number of carbonyl (C=O) groups is 1. The first kappa shape index (κ1) is 23.0. The van der Waals surface area contributed by atoms with Crippen LogP contribution in [0.3, 0.4) is 0 Å². The minimum Gasteiger partial charge on any atom is -0.497 e. The number of carbonyl (C=O) groups excluding carboxylic acids is 1. The van der Waals surface area contributed by atoms with E-state index < -0.39 is 0 Å². The Hall–Kier alpha value is -4.19. The number of nitrogens with one attached hydrogen (secondary N) is 1. The molecule has 0 aliphatic heterocycles. The zero-order valence-electron chi connectivity index (χ0n) is 19.7. The van der Waals surface area contributed by atoms with Crippen LogP contribution in [0.5, 0.6) is 17.2 Å². The molecule has 0 radical (unpaired) electrons. The lowest BCUT2D eigenvalue weighted by Gasteiger charge is -2.10. The molecule has 1 aromatic heterocycles. The molecule has 0 unspecified atom stereocenters. The summed E-state index contributed by atoms with van der Waals surface area (Å²) in [6.07, 6.45) is 3.31. The van der Waals surface area contributed by atoms with E-state index in [0.29, 0.717) is 17.9 Å². The molecule has 0 atom stereocenters. The maximum Gasteiger partial charge on any atom is 0.244 e. The van der Waals surface area contributed by atoms with Crippen LogP contribution in [0.4, 0.5) is 0 Å². The Morgan fingerprint density at radius 2 is 1.71 bits per heavy atom. The van der Waals surface area contributed by atoms with Gasteiger partial charge in [0, 0.05) is 35.2 Å². The number of hydrogen-bond donors (Lipinski definition) is 1. The second-order valence-electron chi connectivity index (χ2n) is 7.82. The van der Waals surface area contributed by atoms with Gasteiger partial charge in [-0.25, -0.2) is 0 Å². The molecule has 6 heteroatoms. The third kappa shape index (κ3) is 4.91. The number of allylic oxidation sites excluding steroid dienone is 1. The summed E-state index contributed by atoms with van der Waals surface area (Å²) in [7, 11) is 4.87. The zero-order valence-corrected chi connectivity index (χ0v) is 19.7. The van der Waals surface area contributed by atoms with Gasteiger partial charge in [0.05, 0.1) is 27.6 Å². The van der Waals surface area contributed by atoms with Gasteiger partial charge in [0.1, 0.15) is 22.8 Å².